The summed E-state index contributed by atoms with van der Waals surface area (Å²) < 4.78 is 0. The van der Waals surface area contributed by atoms with E-state index in [2.05, 4.69) is 11.4 Å². The fourth-order valence-corrected chi connectivity index (χ4v) is 3.57. The second kappa shape index (κ2) is 8.47. The lowest BCUT2D eigenvalue weighted by molar-refractivity contribution is -0.157. The zero-order valence-electron chi connectivity index (χ0n) is 17.4. The highest BCUT2D eigenvalue weighted by Crippen LogP contribution is 2.17. The van der Waals surface area contributed by atoms with E-state index in [1.54, 1.807) is 21.9 Å². The van der Waals surface area contributed by atoms with Crippen LogP contribution >= 0.6 is 0 Å². The van der Waals surface area contributed by atoms with Gasteiger partial charge >= 0.3 is 11.8 Å². The van der Waals surface area contributed by atoms with Gasteiger partial charge in [-0.3, -0.25) is 14.4 Å². The van der Waals surface area contributed by atoms with Gasteiger partial charge in [0.25, 0.3) is 5.91 Å². The Kier molecular flexibility index (Phi) is 6.01. The molecule has 0 aliphatic carbocycles. The lowest BCUT2D eigenvalue weighted by Crippen LogP contribution is -2.55. The zero-order valence-corrected chi connectivity index (χ0v) is 17.4. The molecule has 1 saturated heterocycles. The second-order valence-electron chi connectivity index (χ2n) is 7.85. The van der Waals surface area contributed by atoms with Crippen LogP contribution in [0.15, 0.2) is 42.5 Å². The molecule has 1 aliphatic heterocycles. The molecule has 3 rings (SSSR count). The van der Waals surface area contributed by atoms with E-state index in [0.717, 1.165) is 22.4 Å². The number of rotatable bonds is 5. The molecule has 0 radical (unpaired) electrons. The third-order valence-corrected chi connectivity index (χ3v) is 5.03. The van der Waals surface area contributed by atoms with Crippen LogP contribution in [0.1, 0.15) is 40.9 Å². The van der Waals surface area contributed by atoms with E-state index >= 15 is 0 Å². The third kappa shape index (κ3) is 4.83. The Bertz CT molecular complexity index is 915. The van der Waals surface area contributed by atoms with Crippen molar-refractivity contribution in [2.24, 2.45) is 0 Å². The van der Waals surface area contributed by atoms with Gasteiger partial charge in [0, 0.05) is 36.9 Å². The Morgan fingerprint density at radius 3 is 2.17 bits per heavy atom. The fraction of sp³-hybridized carbons (Fsp3) is 0.348. The summed E-state index contributed by atoms with van der Waals surface area (Å²) in [5.41, 5.74) is 4.37. The van der Waals surface area contributed by atoms with E-state index in [-0.39, 0.29) is 11.9 Å². The summed E-state index contributed by atoms with van der Waals surface area (Å²) in [5.74, 6) is -1.10. The van der Waals surface area contributed by atoms with Crippen molar-refractivity contribution in [3.05, 3.63) is 64.7 Å². The molecule has 0 unspecified atom stereocenters. The summed E-state index contributed by atoms with van der Waals surface area (Å²) in [6.07, 6.45) is 0. The van der Waals surface area contributed by atoms with Crippen molar-refractivity contribution in [3.63, 3.8) is 0 Å². The topological polar surface area (TPSA) is 69.7 Å². The van der Waals surface area contributed by atoms with Crippen LogP contribution in [0.25, 0.3) is 0 Å². The van der Waals surface area contributed by atoms with Crippen molar-refractivity contribution in [2.75, 3.05) is 18.4 Å². The minimum Gasteiger partial charge on any atom is -0.330 e. The third-order valence-electron chi connectivity index (χ3n) is 5.03. The predicted molar refractivity (Wildman–Crippen MR) is 113 cm³/mol. The highest BCUT2D eigenvalue weighted by molar-refractivity contribution is 6.35. The van der Waals surface area contributed by atoms with E-state index < -0.39 is 11.8 Å². The van der Waals surface area contributed by atoms with Gasteiger partial charge in [-0.25, -0.2) is 0 Å². The molecule has 3 amide bonds. The lowest BCUT2D eigenvalue weighted by Gasteiger charge is -2.36. The molecule has 29 heavy (non-hydrogen) atoms. The summed E-state index contributed by atoms with van der Waals surface area (Å²) in [5, 5.41) is 2.92. The monoisotopic (exact) mass is 393 g/mol. The first-order chi connectivity index (χ1) is 13.7. The molecular weight excluding hydrogens is 366 g/mol. The summed E-state index contributed by atoms with van der Waals surface area (Å²) in [6.45, 7) is 9.20. The molecule has 152 valence electrons. The zero-order chi connectivity index (χ0) is 21.1. The van der Waals surface area contributed by atoms with Crippen LogP contribution in [-0.2, 0) is 16.1 Å². The van der Waals surface area contributed by atoms with E-state index in [9.17, 15) is 14.4 Å². The maximum Gasteiger partial charge on any atom is 0.312 e. The molecule has 0 spiro atoms. The number of nitrogens with zero attached hydrogens (tertiary/aromatic N) is 2. The SMILES string of the molecule is Cc1cc(C)cc(NC(=O)c2ccc(CN3CCN(C(C)C)C(=O)C3=O)cc2)c1. The minimum absolute atomic E-state index is 0.0172. The Balaban J connectivity index is 1.63. The molecule has 0 atom stereocenters. The van der Waals surface area contributed by atoms with Crippen molar-refractivity contribution in [2.45, 2.75) is 40.3 Å². The smallest absolute Gasteiger partial charge is 0.312 e. The second-order valence-corrected chi connectivity index (χ2v) is 7.85. The number of carbonyl (C=O) groups is 3. The number of anilines is 1. The molecule has 1 heterocycles. The van der Waals surface area contributed by atoms with Gasteiger partial charge in [0.1, 0.15) is 0 Å². The van der Waals surface area contributed by atoms with Crippen LogP contribution in [0.5, 0.6) is 0 Å². The largest absolute Gasteiger partial charge is 0.330 e. The Hall–Kier alpha value is -3.15. The molecule has 1 N–H and O–H groups in total. The van der Waals surface area contributed by atoms with Gasteiger partial charge in [-0.05, 0) is 68.7 Å². The fourth-order valence-electron chi connectivity index (χ4n) is 3.57. The minimum atomic E-state index is -0.471. The van der Waals surface area contributed by atoms with E-state index in [0.29, 0.717) is 25.2 Å². The molecule has 2 aromatic rings. The van der Waals surface area contributed by atoms with Gasteiger partial charge in [0.15, 0.2) is 0 Å². The number of piperazine rings is 1. The molecule has 0 saturated carbocycles. The van der Waals surface area contributed by atoms with E-state index in [4.69, 9.17) is 0 Å². The molecule has 1 fully saturated rings. The number of nitrogens with one attached hydrogen (secondary N) is 1. The summed E-state index contributed by atoms with van der Waals surface area (Å²) >= 11 is 0. The summed E-state index contributed by atoms with van der Waals surface area (Å²) in [4.78, 5) is 40.2. The molecular formula is C23H27N3O3. The first-order valence-corrected chi connectivity index (χ1v) is 9.83. The average molecular weight is 393 g/mol. The van der Waals surface area contributed by atoms with Gasteiger partial charge in [-0.2, -0.15) is 0 Å². The van der Waals surface area contributed by atoms with Crippen LogP contribution in [0, 0.1) is 13.8 Å². The Morgan fingerprint density at radius 1 is 0.966 bits per heavy atom. The predicted octanol–water partition coefficient (Wildman–Crippen LogP) is 3.13. The molecule has 0 aromatic heterocycles. The van der Waals surface area contributed by atoms with Crippen molar-refractivity contribution in [3.8, 4) is 0 Å². The van der Waals surface area contributed by atoms with Crippen LogP contribution in [0.2, 0.25) is 0 Å². The summed E-state index contributed by atoms with van der Waals surface area (Å²) in [7, 11) is 0. The van der Waals surface area contributed by atoms with Crippen molar-refractivity contribution < 1.29 is 14.4 Å². The van der Waals surface area contributed by atoms with E-state index in [1.165, 1.54) is 0 Å². The normalized spacial score (nSPS) is 14.5. The van der Waals surface area contributed by atoms with Gasteiger partial charge < -0.3 is 15.1 Å². The number of benzene rings is 2. The van der Waals surface area contributed by atoms with Crippen LogP contribution < -0.4 is 5.32 Å². The first-order valence-electron chi connectivity index (χ1n) is 9.83. The molecule has 0 bridgehead atoms. The highest BCUT2D eigenvalue weighted by Gasteiger charge is 2.33. The van der Waals surface area contributed by atoms with Gasteiger partial charge in [-0.15, -0.1) is 0 Å². The number of hydrogen-bond acceptors (Lipinski definition) is 3. The molecule has 6 nitrogen and oxygen atoms in total. The average Bonchev–Trinajstić information content (AvgIpc) is 2.65. The number of hydrogen-bond donors (Lipinski definition) is 1. The van der Waals surface area contributed by atoms with Crippen molar-refractivity contribution in [1.82, 2.24) is 9.80 Å². The maximum absolute atomic E-state index is 12.5. The standard InChI is InChI=1S/C23H27N3O3/c1-15(2)26-10-9-25(22(28)23(26)29)14-18-5-7-19(8-6-18)21(27)24-20-12-16(3)11-17(4)13-20/h5-8,11-13,15H,9-10,14H2,1-4H3,(H,24,27). The van der Waals surface area contributed by atoms with Crippen LogP contribution in [0.4, 0.5) is 5.69 Å². The molecule has 2 aromatic carbocycles. The number of amides is 3. The van der Waals surface area contributed by atoms with E-state index in [1.807, 2.05) is 52.0 Å². The van der Waals surface area contributed by atoms with Crippen LogP contribution in [-0.4, -0.2) is 46.7 Å². The van der Waals surface area contributed by atoms with Crippen LogP contribution in [0.3, 0.4) is 0 Å². The molecule has 6 heteroatoms. The number of aryl methyl sites for hydroxylation is 2. The molecule has 1 aliphatic rings. The van der Waals surface area contributed by atoms with Crippen molar-refractivity contribution >= 4 is 23.4 Å². The Labute approximate surface area is 171 Å². The van der Waals surface area contributed by atoms with Crippen molar-refractivity contribution in [1.29, 1.82) is 0 Å². The Morgan fingerprint density at radius 2 is 1.59 bits per heavy atom. The van der Waals surface area contributed by atoms with Gasteiger partial charge in [0.2, 0.25) is 0 Å². The quantitative estimate of drug-likeness (QED) is 0.794. The summed E-state index contributed by atoms with van der Waals surface area (Å²) in [6, 6.07) is 13.1. The van der Waals surface area contributed by atoms with Gasteiger partial charge in [0.05, 0.1) is 0 Å². The lowest BCUT2D eigenvalue weighted by atomic mass is 10.1. The highest BCUT2D eigenvalue weighted by atomic mass is 16.2. The number of carbonyl (C=O) groups excluding carboxylic acids is 3. The maximum atomic E-state index is 12.5. The first kappa shape index (κ1) is 20.6. The van der Waals surface area contributed by atoms with Gasteiger partial charge in [-0.1, -0.05) is 18.2 Å².